The molecule has 0 radical (unpaired) electrons. The number of nitrogens with zero attached hydrogens (tertiary/aromatic N) is 1. The van der Waals surface area contributed by atoms with Crippen LogP contribution in [-0.2, 0) is 16.7 Å². The molecule has 1 aromatic carbocycles. The standard InChI is InChI=1S/C20H21NO3/c1-23-19(22)18-7-6-16(24-18)14-21-12-10-20(11-13-21)9-8-15-4-2-3-5-17(15)20/h2-9H,10-14H2,1H3. The molecule has 0 N–H and O–H groups in total. The summed E-state index contributed by atoms with van der Waals surface area (Å²) < 4.78 is 10.3. The normalized spacial score (nSPS) is 18.7. The van der Waals surface area contributed by atoms with Crippen LogP contribution in [0.2, 0.25) is 0 Å². The highest BCUT2D eigenvalue weighted by molar-refractivity contribution is 5.86. The highest BCUT2D eigenvalue weighted by Crippen LogP contribution is 2.43. The molecule has 1 aliphatic carbocycles. The van der Waals surface area contributed by atoms with Crippen LogP contribution >= 0.6 is 0 Å². The molecule has 1 saturated heterocycles. The second kappa shape index (κ2) is 5.95. The van der Waals surface area contributed by atoms with E-state index in [1.165, 1.54) is 18.2 Å². The van der Waals surface area contributed by atoms with Crippen LogP contribution < -0.4 is 0 Å². The van der Waals surface area contributed by atoms with Crippen molar-refractivity contribution in [2.75, 3.05) is 20.2 Å². The summed E-state index contributed by atoms with van der Waals surface area (Å²) in [7, 11) is 1.36. The van der Waals surface area contributed by atoms with Crippen molar-refractivity contribution in [2.24, 2.45) is 0 Å². The number of esters is 1. The largest absolute Gasteiger partial charge is 0.463 e. The third-order valence-corrected chi connectivity index (χ3v) is 5.26. The minimum absolute atomic E-state index is 0.202. The van der Waals surface area contributed by atoms with Crippen molar-refractivity contribution in [3.05, 3.63) is 65.1 Å². The first-order valence-electron chi connectivity index (χ1n) is 8.38. The molecular weight excluding hydrogens is 302 g/mol. The zero-order chi connectivity index (χ0) is 16.6. The lowest BCUT2D eigenvalue weighted by molar-refractivity contribution is 0.0560. The van der Waals surface area contributed by atoms with Crippen molar-refractivity contribution in [1.29, 1.82) is 0 Å². The molecule has 124 valence electrons. The number of benzene rings is 1. The van der Waals surface area contributed by atoms with E-state index < -0.39 is 5.97 Å². The average molecular weight is 323 g/mol. The maximum Gasteiger partial charge on any atom is 0.373 e. The summed E-state index contributed by atoms with van der Waals surface area (Å²) in [4.78, 5) is 13.9. The minimum Gasteiger partial charge on any atom is -0.463 e. The fourth-order valence-corrected chi connectivity index (χ4v) is 3.87. The molecule has 1 aromatic heterocycles. The van der Waals surface area contributed by atoms with E-state index in [4.69, 9.17) is 4.42 Å². The number of likely N-dealkylation sites (tertiary alicyclic amines) is 1. The third-order valence-electron chi connectivity index (χ3n) is 5.26. The van der Waals surface area contributed by atoms with E-state index in [-0.39, 0.29) is 11.2 Å². The second-order valence-corrected chi connectivity index (χ2v) is 6.61. The Labute approximate surface area is 141 Å². The van der Waals surface area contributed by atoms with Gasteiger partial charge in [0.25, 0.3) is 0 Å². The molecule has 24 heavy (non-hydrogen) atoms. The highest BCUT2D eigenvalue weighted by atomic mass is 16.5. The summed E-state index contributed by atoms with van der Waals surface area (Å²) >= 11 is 0. The van der Waals surface area contributed by atoms with Crippen LogP contribution in [0.25, 0.3) is 6.08 Å². The fraction of sp³-hybridized carbons (Fsp3) is 0.350. The number of ether oxygens (including phenoxy) is 1. The Bertz CT molecular complexity index is 782. The van der Waals surface area contributed by atoms with Gasteiger partial charge >= 0.3 is 5.97 Å². The highest BCUT2D eigenvalue weighted by Gasteiger charge is 2.37. The lowest BCUT2D eigenvalue weighted by Gasteiger charge is -2.39. The molecule has 4 rings (SSSR count). The van der Waals surface area contributed by atoms with Gasteiger partial charge in [0.15, 0.2) is 0 Å². The zero-order valence-electron chi connectivity index (χ0n) is 13.8. The number of rotatable bonds is 3. The molecule has 1 spiro atoms. The van der Waals surface area contributed by atoms with E-state index in [0.29, 0.717) is 0 Å². The summed E-state index contributed by atoms with van der Waals surface area (Å²) in [5.74, 6) is 0.661. The predicted molar refractivity (Wildman–Crippen MR) is 91.7 cm³/mol. The predicted octanol–water partition coefficient (Wildman–Crippen LogP) is 3.63. The van der Waals surface area contributed by atoms with Crippen molar-refractivity contribution < 1.29 is 13.9 Å². The smallest absolute Gasteiger partial charge is 0.373 e. The van der Waals surface area contributed by atoms with Crippen LogP contribution in [0.15, 0.2) is 46.9 Å². The van der Waals surface area contributed by atoms with Gasteiger partial charge in [0, 0.05) is 5.41 Å². The van der Waals surface area contributed by atoms with Crippen LogP contribution in [-0.4, -0.2) is 31.1 Å². The number of hydrogen-bond acceptors (Lipinski definition) is 4. The van der Waals surface area contributed by atoms with Crippen LogP contribution in [0, 0.1) is 0 Å². The van der Waals surface area contributed by atoms with Crippen LogP contribution in [0.5, 0.6) is 0 Å². The van der Waals surface area contributed by atoms with Crippen molar-refractivity contribution in [1.82, 2.24) is 4.90 Å². The van der Waals surface area contributed by atoms with Crippen molar-refractivity contribution >= 4 is 12.0 Å². The lowest BCUT2D eigenvalue weighted by atomic mass is 9.74. The molecule has 1 fully saturated rings. The van der Waals surface area contributed by atoms with Gasteiger partial charge < -0.3 is 9.15 Å². The Kier molecular flexibility index (Phi) is 3.77. The zero-order valence-corrected chi connectivity index (χ0v) is 13.8. The van der Waals surface area contributed by atoms with E-state index >= 15 is 0 Å². The molecule has 1 aliphatic heterocycles. The Morgan fingerprint density at radius 2 is 2.00 bits per heavy atom. The van der Waals surface area contributed by atoms with Crippen LogP contribution in [0.3, 0.4) is 0 Å². The molecule has 0 bridgehead atoms. The fourth-order valence-electron chi connectivity index (χ4n) is 3.87. The number of allylic oxidation sites excluding steroid dienone is 1. The maximum atomic E-state index is 11.5. The molecule has 0 saturated carbocycles. The number of piperidine rings is 1. The molecule has 0 atom stereocenters. The first-order valence-corrected chi connectivity index (χ1v) is 8.38. The van der Waals surface area contributed by atoms with E-state index in [2.05, 4.69) is 46.1 Å². The Morgan fingerprint density at radius 1 is 1.21 bits per heavy atom. The van der Waals surface area contributed by atoms with Crippen LogP contribution in [0.1, 0.15) is 40.3 Å². The number of hydrogen-bond donors (Lipinski definition) is 0. The van der Waals surface area contributed by atoms with Gasteiger partial charge in [0.05, 0.1) is 13.7 Å². The summed E-state index contributed by atoms with van der Waals surface area (Å²) in [6.07, 6.45) is 6.88. The third kappa shape index (κ3) is 2.57. The average Bonchev–Trinajstić information content (AvgIpc) is 3.23. The van der Waals surface area contributed by atoms with E-state index in [9.17, 15) is 4.79 Å². The quantitative estimate of drug-likeness (QED) is 0.809. The van der Waals surface area contributed by atoms with E-state index in [1.54, 1.807) is 6.07 Å². The van der Waals surface area contributed by atoms with Gasteiger partial charge in [-0.15, -0.1) is 0 Å². The molecule has 0 unspecified atom stereocenters. The van der Waals surface area contributed by atoms with Gasteiger partial charge in [-0.25, -0.2) is 4.79 Å². The molecular formula is C20H21NO3. The SMILES string of the molecule is COC(=O)c1ccc(CN2CCC3(C=Cc4ccccc43)CC2)o1. The van der Waals surface area contributed by atoms with Gasteiger partial charge in [0.2, 0.25) is 5.76 Å². The molecule has 0 amide bonds. The Hall–Kier alpha value is -2.33. The van der Waals surface area contributed by atoms with Crippen LogP contribution in [0.4, 0.5) is 0 Å². The number of fused-ring (bicyclic) bond motifs is 2. The summed E-state index contributed by atoms with van der Waals surface area (Å²) in [5.41, 5.74) is 3.03. The van der Waals surface area contributed by atoms with Crippen molar-refractivity contribution in [3.63, 3.8) is 0 Å². The summed E-state index contributed by atoms with van der Waals surface area (Å²) in [5, 5.41) is 0. The first-order chi connectivity index (χ1) is 11.7. The van der Waals surface area contributed by atoms with Gasteiger partial charge in [0.1, 0.15) is 5.76 Å². The second-order valence-electron chi connectivity index (χ2n) is 6.61. The van der Waals surface area contributed by atoms with Crippen molar-refractivity contribution in [2.45, 2.75) is 24.8 Å². The van der Waals surface area contributed by atoms with Gasteiger partial charge in [-0.3, -0.25) is 4.90 Å². The number of carbonyl (C=O) groups excluding carboxylic acids is 1. The Morgan fingerprint density at radius 3 is 2.79 bits per heavy atom. The minimum atomic E-state index is -0.424. The van der Waals surface area contributed by atoms with Crippen molar-refractivity contribution in [3.8, 4) is 0 Å². The summed E-state index contributed by atoms with van der Waals surface area (Å²) in [6.45, 7) is 2.78. The topological polar surface area (TPSA) is 42.7 Å². The van der Waals surface area contributed by atoms with Gasteiger partial charge in [-0.2, -0.15) is 0 Å². The first kappa shape index (κ1) is 15.2. The number of carbonyl (C=O) groups is 1. The molecule has 4 heteroatoms. The molecule has 4 nitrogen and oxygen atoms in total. The lowest BCUT2D eigenvalue weighted by Crippen LogP contribution is -2.40. The van der Waals surface area contributed by atoms with Gasteiger partial charge in [-0.05, 0) is 49.2 Å². The molecule has 2 heterocycles. The van der Waals surface area contributed by atoms with E-state index in [0.717, 1.165) is 38.2 Å². The number of methoxy groups -OCH3 is 1. The Balaban J connectivity index is 1.41. The monoisotopic (exact) mass is 323 g/mol. The maximum absolute atomic E-state index is 11.5. The summed E-state index contributed by atoms with van der Waals surface area (Å²) in [6, 6.07) is 12.2. The van der Waals surface area contributed by atoms with Gasteiger partial charge in [-0.1, -0.05) is 36.4 Å². The number of furan rings is 1. The van der Waals surface area contributed by atoms with E-state index in [1.807, 2.05) is 6.07 Å². The molecule has 2 aromatic rings. The molecule has 2 aliphatic rings.